The Morgan fingerprint density at radius 2 is 1.90 bits per heavy atom. The third kappa shape index (κ3) is 5.94. The van der Waals surface area contributed by atoms with Crippen molar-refractivity contribution in [2.24, 2.45) is 5.73 Å². The zero-order valence-electron chi connectivity index (χ0n) is 15.7. The Morgan fingerprint density at radius 3 is 2.34 bits per heavy atom. The number of fused-ring (bicyclic) bond motifs is 1. The number of ether oxygens (including phenoxy) is 1. The van der Waals surface area contributed by atoms with Gasteiger partial charge in [0, 0.05) is 12.6 Å². The van der Waals surface area contributed by atoms with Gasteiger partial charge >= 0.3 is 11.7 Å². The van der Waals surface area contributed by atoms with Gasteiger partial charge in [0.2, 0.25) is 0 Å². The molecular formula is C18H25ClN2O8. The van der Waals surface area contributed by atoms with E-state index in [1.807, 2.05) is 0 Å². The van der Waals surface area contributed by atoms with Crippen LogP contribution in [0.1, 0.15) is 25.7 Å². The summed E-state index contributed by atoms with van der Waals surface area (Å²) in [6.45, 7) is -1.17. The van der Waals surface area contributed by atoms with Crippen molar-refractivity contribution >= 4 is 28.7 Å². The van der Waals surface area contributed by atoms with Gasteiger partial charge in [-0.3, -0.25) is 9.36 Å². The van der Waals surface area contributed by atoms with E-state index >= 15 is 0 Å². The lowest BCUT2D eigenvalue weighted by Crippen LogP contribution is -2.50. The number of benzene rings is 1. The fourth-order valence-electron chi connectivity index (χ4n) is 2.39. The highest BCUT2D eigenvalue weighted by Gasteiger charge is 2.22. The molecule has 1 saturated carbocycles. The normalized spacial score (nSPS) is 14.2. The molecule has 3 rings (SSSR count). The van der Waals surface area contributed by atoms with Crippen molar-refractivity contribution in [2.75, 3.05) is 19.8 Å². The molecule has 0 bridgehead atoms. The zero-order chi connectivity index (χ0) is 21.6. The van der Waals surface area contributed by atoms with E-state index in [0.29, 0.717) is 21.9 Å². The summed E-state index contributed by atoms with van der Waals surface area (Å²) in [5.74, 6) is -1.08. The first-order valence-corrected chi connectivity index (χ1v) is 9.43. The molecule has 0 aliphatic heterocycles. The van der Waals surface area contributed by atoms with Gasteiger partial charge in [-0.15, -0.1) is 0 Å². The Hall–Kier alpha value is -2.11. The van der Waals surface area contributed by atoms with Crippen molar-refractivity contribution in [1.29, 1.82) is 0 Å². The van der Waals surface area contributed by atoms with Gasteiger partial charge in [-0.2, -0.15) is 0 Å². The number of aliphatic hydroxyl groups is 3. The maximum absolute atomic E-state index is 11.8. The van der Waals surface area contributed by atoms with Crippen LogP contribution in [0.15, 0.2) is 21.3 Å². The minimum Gasteiger partial charge on any atom is -0.489 e. The molecule has 1 fully saturated rings. The molecule has 162 valence electrons. The zero-order valence-corrected chi connectivity index (χ0v) is 16.5. The predicted molar refractivity (Wildman–Crippen MR) is 104 cm³/mol. The van der Waals surface area contributed by atoms with Crippen LogP contribution in [-0.4, -0.2) is 62.4 Å². The summed E-state index contributed by atoms with van der Waals surface area (Å²) >= 11 is 6.17. The average molecular weight is 433 g/mol. The molecule has 2 aromatic rings. The molecule has 0 saturated heterocycles. The Morgan fingerprint density at radius 1 is 1.28 bits per heavy atom. The van der Waals surface area contributed by atoms with E-state index in [2.05, 4.69) is 0 Å². The number of hydrogen-bond donors (Lipinski definition) is 5. The lowest BCUT2D eigenvalue weighted by atomic mass is 9.96. The summed E-state index contributed by atoms with van der Waals surface area (Å²) in [4.78, 5) is 22.4. The SMILES string of the molecule is NC(CO)(CO)CO.O=C(O)CCn1c(=O)oc2cc(OC3CCC3)c(Cl)cc21. The highest BCUT2D eigenvalue weighted by atomic mass is 35.5. The number of carboxylic acid groups (broad SMARTS) is 1. The molecule has 11 heteroatoms. The first-order chi connectivity index (χ1) is 13.7. The van der Waals surface area contributed by atoms with Crippen LogP contribution in [0, 0.1) is 0 Å². The summed E-state index contributed by atoms with van der Waals surface area (Å²) in [6.07, 6.45) is 3.15. The molecule has 0 radical (unpaired) electrons. The Bertz CT molecular complexity index is 878. The van der Waals surface area contributed by atoms with Crippen molar-refractivity contribution < 1.29 is 34.4 Å². The quantitative estimate of drug-likeness (QED) is 0.394. The summed E-state index contributed by atoms with van der Waals surface area (Å²) in [5.41, 5.74) is 4.77. The standard InChI is InChI=1S/C14H14ClNO5.C4H11NO3/c15-9-6-10-12(7-11(9)20-8-2-1-3-8)21-14(19)16(10)5-4-13(17)18;5-4(1-6,2-7)3-8/h6-8H,1-5H2,(H,17,18);6-8H,1-3,5H2. The van der Waals surface area contributed by atoms with Gasteiger partial charge in [-0.25, -0.2) is 4.79 Å². The summed E-state index contributed by atoms with van der Waals surface area (Å²) in [6, 6.07) is 3.17. The van der Waals surface area contributed by atoms with Crippen LogP contribution in [0.5, 0.6) is 5.75 Å². The number of rotatable bonds is 8. The Kier molecular flexibility index (Phi) is 8.05. The fraction of sp³-hybridized carbons (Fsp3) is 0.556. The van der Waals surface area contributed by atoms with Crippen LogP contribution in [0.2, 0.25) is 5.02 Å². The van der Waals surface area contributed by atoms with Gasteiger partial charge in [0.25, 0.3) is 0 Å². The van der Waals surface area contributed by atoms with E-state index in [-0.39, 0.29) is 19.1 Å². The van der Waals surface area contributed by atoms with Crippen LogP contribution >= 0.6 is 11.6 Å². The van der Waals surface area contributed by atoms with E-state index in [9.17, 15) is 9.59 Å². The van der Waals surface area contributed by atoms with Crippen LogP contribution in [-0.2, 0) is 11.3 Å². The first-order valence-electron chi connectivity index (χ1n) is 9.06. The lowest BCUT2D eigenvalue weighted by molar-refractivity contribution is -0.137. The van der Waals surface area contributed by atoms with Crippen molar-refractivity contribution in [3.05, 3.63) is 27.7 Å². The molecule has 29 heavy (non-hydrogen) atoms. The summed E-state index contributed by atoms with van der Waals surface area (Å²) in [5, 5.41) is 34.1. The minimum atomic E-state index is -1.21. The van der Waals surface area contributed by atoms with Gasteiger partial charge in [0.15, 0.2) is 5.58 Å². The summed E-state index contributed by atoms with van der Waals surface area (Å²) < 4.78 is 12.1. The second-order valence-electron chi connectivity index (χ2n) is 6.92. The van der Waals surface area contributed by atoms with Gasteiger partial charge in [-0.1, -0.05) is 11.6 Å². The van der Waals surface area contributed by atoms with Gasteiger partial charge in [0.1, 0.15) is 5.75 Å². The highest BCUT2D eigenvalue weighted by Crippen LogP contribution is 2.33. The molecule has 1 heterocycles. The van der Waals surface area contributed by atoms with E-state index in [4.69, 9.17) is 46.9 Å². The molecule has 1 aliphatic carbocycles. The molecule has 1 aromatic heterocycles. The van der Waals surface area contributed by atoms with Crippen LogP contribution < -0.4 is 16.2 Å². The van der Waals surface area contributed by atoms with Crippen molar-refractivity contribution in [2.45, 2.75) is 43.9 Å². The number of carboxylic acids is 1. The van der Waals surface area contributed by atoms with E-state index in [0.717, 1.165) is 19.3 Å². The largest absolute Gasteiger partial charge is 0.489 e. The maximum Gasteiger partial charge on any atom is 0.419 e. The molecule has 10 nitrogen and oxygen atoms in total. The predicted octanol–water partition coefficient (Wildman–Crippen LogP) is 0.315. The minimum absolute atomic E-state index is 0.0420. The van der Waals surface area contributed by atoms with Gasteiger partial charge in [0.05, 0.1) is 48.4 Å². The van der Waals surface area contributed by atoms with Gasteiger partial charge in [-0.05, 0) is 25.3 Å². The Labute approximate surface area is 171 Å². The number of nitrogens with zero attached hydrogens (tertiary/aromatic N) is 1. The van der Waals surface area contributed by atoms with Crippen LogP contribution in [0.25, 0.3) is 11.1 Å². The smallest absolute Gasteiger partial charge is 0.419 e. The Balaban J connectivity index is 0.000000321. The van der Waals surface area contributed by atoms with Crippen molar-refractivity contribution in [3.63, 3.8) is 0 Å². The number of nitrogens with two attached hydrogens (primary N) is 1. The topological polar surface area (TPSA) is 168 Å². The number of halogens is 1. The van der Waals surface area contributed by atoms with Gasteiger partial charge < -0.3 is 35.3 Å². The first kappa shape index (κ1) is 23.2. The number of aromatic nitrogens is 1. The fourth-order valence-corrected chi connectivity index (χ4v) is 2.59. The molecule has 0 unspecified atom stereocenters. The molecule has 1 aromatic carbocycles. The molecule has 1 aliphatic rings. The lowest BCUT2D eigenvalue weighted by Gasteiger charge is -2.26. The third-order valence-electron chi connectivity index (χ3n) is 4.56. The van der Waals surface area contributed by atoms with Crippen LogP contribution in [0.4, 0.5) is 0 Å². The van der Waals surface area contributed by atoms with Crippen molar-refractivity contribution in [1.82, 2.24) is 4.57 Å². The number of aliphatic hydroxyl groups excluding tert-OH is 3. The molecule has 6 N–H and O–H groups in total. The monoisotopic (exact) mass is 432 g/mol. The molecule has 0 spiro atoms. The van der Waals surface area contributed by atoms with Crippen LogP contribution in [0.3, 0.4) is 0 Å². The second kappa shape index (κ2) is 10.1. The molecule has 0 amide bonds. The number of carbonyl (C=O) groups is 1. The summed E-state index contributed by atoms with van der Waals surface area (Å²) in [7, 11) is 0. The maximum atomic E-state index is 11.8. The number of aryl methyl sites for hydroxylation is 1. The third-order valence-corrected chi connectivity index (χ3v) is 4.86. The molecule has 0 atom stereocenters. The molecular weight excluding hydrogens is 408 g/mol. The van der Waals surface area contributed by atoms with E-state index in [1.165, 1.54) is 4.57 Å². The van der Waals surface area contributed by atoms with E-state index in [1.54, 1.807) is 12.1 Å². The highest BCUT2D eigenvalue weighted by molar-refractivity contribution is 6.32. The second-order valence-corrected chi connectivity index (χ2v) is 7.33. The number of hydrogen-bond acceptors (Lipinski definition) is 8. The number of oxazole rings is 1. The number of aliphatic carboxylic acids is 1. The average Bonchev–Trinajstić information content (AvgIpc) is 2.96. The van der Waals surface area contributed by atoms with E-state index < -0.39 is 37.1 Å². The van der Waals surface area contributed by atoms with Crippen molar-refractivity contribution in [3.8, 4) is 5.75 Å².